The summed E-state index contributed by atoms with van der Waals surface area (Å²) in [5.41, 5.74) is 0.778. The van der Waals surface area contributed by atoms with Gasteiger partial charge in [-0.1, -0.05) is 30.3 Å². The number of esters is 2. The Morgan fingerprint density at radius 2 is 1.68 bits per heavy atom. The highest BCUT2D eigenvalue weighted by atomic mass is 16.7. The monoisotopic (exact) mass is 259 g/mol. The van der Waals surface area contributed by atoms with E-state index in [2.05, 4.69) is 0 Å². The van der Waals surface area contributed by atoms with Gasteiger partial charge in [-0.25, -0.2) is 0 Å². The van der Waals surface area contributed by atoms with Crippen LogP contribution in [0.5, 0.6) is 0 Å². The Balaban J connectivity index is 3.02. The van der Waals surface area contributed by atoms with Gasteiger partial charge in [0.25, 0.3) is 6.29 Å². The maximum absolute atomic E-state index is 11.0. The first-order valence-electron chi connectivity index (χ1n) is 5.54. The van der Waals surface area contributed by atoms with E-state index in [1.165, 1.54) is 19.9 Å². The number of ether oxygens (including phenoxy) is 2. The summed E-state index contributed by atoms with van der Waals surface area (Å²) in [5.74, 6) is -1.28. The first kappa shape index (κ1) is 14.5. The van der Waals surface area contributed by atoms with E-state index in [9.17, 15) is 9.59 Å². The van der Waals surface area contributed by atoms with Crippen LogP contribution in [0.2, 0.25) is 0 Å². The van der Waals surface area contributed by atoms with Crippen molar-refractivity contribution in [2.45, 2.75) is 20.1 Å². The molecule has 0 bridgehead atoms. The van der Waals surface area contributed by atoms with Crippen molar-refractivity contribution in [3.8, 4) is 6.07 Å². The van der Waals surface area contributed by atoms with Crippen molar-refractivity contribution in [2.75, 3.05) is 0 Å². The lowest BCUT2D eigenvalue weighted by Crippen LogP contribution is -2.24. The highest BCUT2D eigenvalue weighted by molar-refractivity contribution is 5.70. The normalized spacial score (nSPS) is 10.7. The molecule has 0 radical (unpaired) electrons. The van der Waals surface area contributed by atoms with Crippen LogP contribution in [-0.2, 0) is 19.1 Å². The van der Waals surface area contributed by atoms with Gasteiger partial charge in [-0.2, -0.15) is 5.26 Å². The van der Waals surface area contributed by atoms with E-state index in [4.69, 9.17) is 14.7 Å². The van der Waals surface area contributed by atoms with E-state index >= 15 is 0 Å². The van der Waals surface area contributed by atoms with Gasteiger partial charge < -0.3 is 9.47 Å². The molecule has 0 fully saturated rings. The van der Waals surface area contributed by atoms with Crippen molar-refractivity contribution in [3.05, 3.63) is 41.5 Å². The van der Waals surface area contributed by atoms with Gasteiger partial charge >= 0.3 is 11.9 Å². The van der Waals surface area contributed by atoms with E-state index in [1.54, 1.807) is 24.3 Å². The summed E-state index contributed by atoms with van der Waals surface area (Å²) in [5, 5.41) is 9.08. The summed E-state index contributed by atoms with van der Waals surface area (Å²) < 4.78 is 9.63. The molecule has 19 heavy (non-hydrogen) atoms. The summed E-state index contributed by atoms with van der Waals surface area (Å²) in [4.78, 5) is 21.9. The second-order valence-electron chi connectivity index (χ2n) is 3.67. The predicted octanol–water partition coefficient (Wildman–Crippen LogP) is 2.05. The average molecular weight is 259 g/mol. The molecule has 0 aliphatic carbocycles. The van der Waals surface area contributed by atoms with Crippen LogP contribution in [0.1, 0.15) is 19.4 Å². The maximum atomic E-state index is 11.0. The number of hydrogen-bond donors (Lipinski definition) is 0. The lowest BCUT2D eigenvalue weighted by atomic mass is 10.1. The fraction of sp³-hybridized carbons (Fsp3) is 0.214. The first-order valence-corrected chi connectivity index (χ1v) is 5.54. The third-order valence-corrected chi connectivity index (χ3v) is 2.05. The zero-order valence-electron chi connectivity index (χ0n) is 10.6. The first-order chi connectivity index (χ1) is 9.02. The van der Waals surface area contributed by atoms with Gasteiger partial charge in [0.1, 0.15) is 11.6 Å². The smallest absolute Gasteiger partial charge is 0.306 e. The highest BCUT2D eigenvalue weighted by Crippen LogP contribution is 2.14. The summed E-state index contributed by atoms with van der Waals surface area (Å²) in [6.45, 7) is 2.35. The van der Waals surface area contributed by atoms with Gasteiger partial charge in [-0.15, -0.1) is 0 Å². The van der Waals surface area contributed by atoms with Gasteiger partial charge in [-0.05, 0) is 11.6 Å². The van der Waals surface area contributed by atoms with Crippen LogP contribution in [0.25, 0.3) is 6.08 Å². The molecule has 5 nitrogen and oxygen atoms in total. The molecular weight excluding hydrogens is 246 g/mol. The Labute approximate surface area is 111 Å². The Bertz CT molecular complexity index is 512. The topological polar surface area (TPSA) is 76.4 Å². The molecule has 0 unspecified atom stereocenters. The number of carbonyl (C=O) groups excluding carboxylic acids is 2. The van der Waals surface area contributed by atoms with Crippen molar-refractivity contribution in [1.29, 1.82) is 5.26 Å². The molecule has 0 saturated heterocycles. The van der Waals surface area contributed by atoms with Crippen LogP contribution >= 0.6 is 0 Å². The third-order valence-electron chi connectivity index (χ3n) is 2.05. The van der Waals surface area contributed by atoms with E-state index in [0.717, 1.165) is 5.56 Å². The minimum absolute atomic E-state index is 0.0385. The van der Waals surface area contributed by atoms with Crippen LogP contribution in [-0.4, -0.2) is 18.2 Å². The molecule has 0 aliphatic heterocycles. The molecule has 0 spiro atoms. The molecular formula is C14H13NO4. The highest BCUT2D eigenvalue weighted by Gasteiger charge is 2.20. The van der Waals surface area contributed by atoms with Crippen molar-refractivity contribution >= 4 is 18.0 Å². The Hall–Kier alpha value is -2.61. The van der Waals surface area contributed by atoms with Gasteiger partial charge in [0.15, 0.2) is 0 Å². The van der Waals surface area contributed by atoms with Crippen LogP contribution in [0.15, 0.2) is 35.9 Å². The lowest BCUT2D eigenvalue weighted by Gasteiger charge is -2.15. The maximum Gasteiger partial charge on any atom is 0.306 e. The standard InChI is InChI=1S/C14H13NO4/c1-10(16)18-14(19-11(2)17)13(9-15)8-12-6-4-3-5-7-12/h3-8,14H,1-2H3. The molecule has 5 heteroatoms. The van der Waals surface area contributed by atoms with E-state index in [-0.39, 0.29) is 5.57 Å². The molecule has 0 aliphatic rings. The fourth-order valence-electron chi connectivity index (χ4n) is 1.33. The Kier molecular flexibility index (Phi) is 5.30. The van der Waals surface area contributed by atoms with Crippen LogP contribution in [0, 0.1) is 11.3 Å². The zero-order chi connectivity index (χ0) is 14.3. The average Bonchev–Trinajstić information content (AvgIpc) is 2.35. The minimum Gasteiger partial charge on any atom is -0.420 e. The van der Waals surface area contributed by atoms with Crippen LogP contribution < -0.4 is 0 Å². The van der Waals surface area contributed by atoms with E-state index in [0.29, 0.717) is 0 Å². The fourth-order valence-corrected chi connectivity index (χ4v) is 1.33. The number of carbonyl (C=O) groups is 2. The van der Waals surface area contributed by atoms with Crippen molar-refractivity contribution < 1.29 is 19.1 Å². The number of nitrogens with zero attached hydrogens (tertiary/aromatic N) is 1. The van der Waals surface area contributed by atoms with Gasteiger partial charge in [-0.3, -0.25) is 9.59 Å². The molecule has 98 valence electrons. The lowest BCUT2D eigenvalue weighted by molar-refractivity contribution is -0.177. The summed E-state index contributed by atoms with van der Waals surface area (Å²) in [6, 6.07) is 10.8. The zero-order valence-corrected chi connectivity index (χ0v) is 10.6. The summed E-state index contributed by atoms with van der Waals surface area (Å²) >= 11 is 0. The Morgan fingerprint density at radius 3 is 2.11 bits per heavy atom. The summed E-state index contributed by atoms with van der Waals surface area (Å²) in [6.07, 6.45) is 0.177. The molecule has 0 saturated carbocycles. The molecule has 1 aromatic rings. The molecule has 1 aromatic carbocycles. The van der Waals surface area contributed by atoms with Gasteiger partial charge in [0.05, 0.1) is 0 Å². The van der Waals surface area contributed by atoms with Crippen molar-refractivity contribution in [3.63, 3.8) is 0 Å². The number of benzene rings is 1. The number of hydrogen-bond acceptors (Lipinski definition) is 5. The SMILES string of the molecule is CC(=O)OC(OC(C)=O)C(C#N)=Cc1ccccc1. The van der Waals surface area contributed by atoms with Gasteiger partial charge in [0.2, 0.25) is 0 Å². The second kappa shape index (κ2) is 6.97. The largest absolute Gasteiger partial charge is 0.420 e. The number of nitriles is 1. The molecule has 0 amide bonds. The van der Waals surface area contributed by atoms with E-state index in [1.807, 2.05) is 12.1 Å². The van der Waals surface area contributed by atoms with Crippen molar-refractivity contribution in [1.82, 2.24) is 0 Å². The predicted molar refractivity (Wildman–Crippen MR) is 67.4 cm³/mol. The second-order valence-corrected chi connectivity index (χ2v) is 3.67. The van der Waals surface area contributed by atoms with Crippen molar-refractivity contribution in [2.24, 2.45) is 0 Å². The molecule has 0 atom stereocenters. The van der Waals surface area contributed by atoms with Gasteiger partial charge in [0, 0.05) is 13.8 Å². The van der Waals surface area contributed by atoms with E-state index < -0.39 is 18.2 Å². The molecule has 0 aromatic heterocycles. The van der Waals surface area contributed by atoms with Crippen LogP contribution in [0.4, 0.5) is 0 Å². The Morgan fingerprint density at radius 1 is 1.16 bits per heavy atom. The summed E-state index contributed by atoms with van der Waals surface area (Å²) in [7, 11) is 0. The minimum atomic E-state index is -1.32. The number of rotatable bonds is 4. The third kappa shape index (κ3) is 5.04. The molecule has 0 N–H and O–H groups in total. The molecule has 0 heterocycles. The molecule has 1 rings (SSSR count). The quantitative estimate of drug-likeness (QED) is 0.470. The van der Waals surface area contributed by atoms with Crippen LogP contribution in [0.3, 0.4) is 0 Å².